The Bertz CT molecular complexity index is 760. The second-order valence-electron chi connectivity index (χ2n) is 6.68. The first-order chi connectivity index (χ1) is 13.2. The molecule has 6 nitrogen and oxygen atoms in total. The Morgan fingerprint density at radius 1 is 1.07 bits per heavy atom. The Kier molecular flexibility index (Phi) is 8.91. The van der Waals surface area contributed by atoms with Crippen LogP contribution in [0.25, 0.3) is 0 Å². The molecule has 0 radical (unpaired) electrons. The zero-order valence-corrected chi connectivity index (χ0v) is 18.7. The van der Waals surface area contributed by atoms with Crippen molar-refractivity contribution in [1.29, 1.82) is 0 Å². The van der Waals surface area contributed by atoms with Crippen molar-refractivity contribution in [3.8, 4) is 0 Å². The summed E-state index contributed by atoms with van der Waals surface area (Å²) in [6.45, 7) is 5.28. The highest BCUT2D eigenvalue weighted by Gasteiger charge is 2.17. The monoisotopic (exact) mass is 498 g/mol. The summed E-state index contributed by atoms with van der Waals surface area (Å²) in [6, 6.07) is 10.5. The van der Waals surface area contributed by atoms with Gasteiger partial charge in [0, 0.05) is 58.1 Å². The van der Waals surface area contributed by atoms with Gasteiger partial charge in [0.25, 0.3) is 0 Å². The van der Waals surface area contributed by atoms with Crippen LogP contribution in [0.4, 0.5) is 10.2 Å². The average molecular weight is 498 g/mol. The number of benzene rings is 1. The highest BCUT2D eigenvalue weighted by atomic mass is 127. The molecule has 0 aliphatic carbocycles. The molecule has 2 heterocycles. The number of piperazine rings is 1. The van der Waals surface area contributed by atoms with Crippen molar-refractivity contribution in [2.24, 2.45) is 4.99 Å². The minimum atomic E-state index is -0.228. The summed E-state index contributed by atoms with van der Waals surface area (Å²) in [4.78, 5) is 13.5. The predicted molar refractivity (Wildman–Crippen MR) is 123 cm³/mol. The van der Waals surface area contributed by atoms with E-state index >= 15 is 0 Å². The molecular weight excluding hydrogens is 470 g/mol. The van der Waals surface area contributed by atoms with Gasteiger partial charge in [-0.05, 0) is 30.8 Å². The van der Waals surface area contributed by atoms with E-state index in [9.17, 15) is 4.39 Å². The van der Waals surface area contributed by atoms with Crippen LogP contribution in [-0.4, -0.2) is 56.1 Å². The number of hydrogen-bond acceptors (Lipinski definition) is 4. The van der Waals surface area contributed by atoms with Gasteiger partial charge in [0.1, 0.15) is 11.6 Å². The van der Waals surface area contributed by atoms with Gasteiger partial charge in [0.2, 0.25) is 0 Å². The van der Waals surface area contributed by atoms with Gasteiger partial charge < -0.3 is 20.4 Å². The first-order valence-corrected chi connectivity index (χ1v) is 9.22. The van der Waals surface area contributed by atoms with Crippen LogP contribution in [0.5, 0.6) is 0 Å². The fourth-order valence-electron chi connectivity index (χ4n) is 3.06. The lowest BCUT2D eigenvalue weighted by Gasteiger charge is -2.34. The highest BCUT2D eigenvalue weighted by molar-refractivity contribution is 14.0. The minimum absolute atomic E-state index is 0. The Balaban J connectivity index is 0.00000280. The molecule has 28 heavy (non-hydrogen) atoms. The van der Waals surface area contributed by atoms with Gasteiger partial charge in [-0.25, -0.2) is 9.37 Å². The van der Waals surface area contributed by atoms with Crippen molar-refractivity contribution in [1.82, 2.24) is 20.5 Å². The molecule has 0 saturated carbocycles. The van der Waals surface area contributed by atoms with Crippen LogP contribution < -0.4 is 15.5 Å². The number of pyridine rings is 1. The van der Waals surface area contributed by atoms with Crippen molar-refractivity contribution in [3.63, 3.8) is 0 Å². The van der Waals surface area contributed by atoms with Crippen molar-refractivity contribution in [2.75, 3.05) is 45.2 Å². The molecule has 0 atom stereocenters. The first kappa shape index (κ1) is 22.4. The minimum Gasteiger partial charge on any atom is -0.354 e. The standard InChI is InChI=1S/C20H27FN6.HI/c1-22-20(24-14-16-5-7-18(21)8-6-16)25-15-17-4-3-9-23-19(17)27-12-10-26(2)11-13-27;/h3-9H,10-15H2,1-2H3,(H2,22,24,25);1H. The maximum atomic E-state index is 13.0. The van der Waals surface area contributed by atoms with Gasteiger partial charge in [-0.1, -0.05) is 18.2 Å². The van der Waals surface area contributed by atoms with E-state index in [-0.39, 0.29) is 29.8 Å². The quantitative estimate of drug-likeness (QED) is 0.377. The maximum Gasteiger partial charge on any atom is 0.191 e. The second kappa shape index (κ2) is 11.2. The number of aliphatic imine (C=N–C) groups is 1. The van der Waals surface area contributed by atoms with E-state index in [1.165, 1.54) is 12.1 Å². The van der Waals surface area contributed by atoms with Crippen LogP contribution in [0, 0.1) is 5.82 Å². The number of hydrogen-bond donors (Lipinski definition) is 2. The number of guanidine groups is 1. The second-order valence-corrected chi connectivity index (χ2v) is 6.68. The van der Waals surface area contributed by atoms with E-state index in [1.54, 1.807) is 19.2 Å². The van der Waals surface area contributed by atoms with Crippen LogP contribution in [0.15, 0.2) is 47.6 Å². The van der Waals surface area contributed by atoms with E-state index in [2.05, 4.69) is 43.5 Å². The molecule has 1 aliphatic heterocycles. The number of rotatable bonds is 5. The molecule has 0 unspecified atom stereocenters. The predicted octanol–water partition coefficient (Wildman–Crippen LogP) is 2.46. The fourth-order valence-corrected chi connectivity index (χ4v) is 3.06. The number of nitrogens with zero attached hydrogens (tertiary/aromatic N) is 4. The molecule has 1 aromatic carbocycles. The SMILES string of the molecule is CN=C(NCc1ccc(F)cc1)NCc1cccnc1N1CCN(C)CC1.I. The first-order valence-electron chi connectivity index (χ1n) is 9.22. The maximum absolute atomic E-state index is 13.0. The lowest BCUT2D eigenvalue weighted by atomic mass is 10.2. The van der Waals surface area contributed by atoms with Crippen LogP contribution in [0.2, 0.25) is 0 Å². The molecule has 0 amide bonds. The number of nitrogens with one attached hydrogen (secondary N) is 2. The number of likely N-dealkylation sites (N-methyl/N-ethyl adjacent to an activating group) is 1. The molecule has 1 aliphatic rings. The zero-order chi connectivity index (χ0) is 19.1. The lowest BCUT2D eigenvalue weighted by Crippen LogP contribution is -2.45. The Morgan fingerprint density at radius 3 is 2.43 bits per heavy atom. The number of anilines is 1. The largest absolute Gasteiger partial charge is 0.354 e. The number of halogens is 2. The Hall–Kier alpha value is -1.94. The normalized spacial score (nSPS) is 15.1. The molecule has 0 bridgehead atoms. The molecule has 152 valence electrons. The fraction of sp³-hybridized carbons (Fsp3) is 0.400. The van der Waals surface area contributed by atoms with Crippen LogP contribution in [-0.2, 0) is 13.1 Å². The third-order valence-electron chi connectivity index (χ3n) is 4.71. The van der Waals surface area contributed by atoms with E-state index in [1.807, 2.05) is 12.3 Å². The highest BCUT2D eigenvalue weighted by Crippen LogP contribution is 2.18. The van der Waals surface area contributed by atoms with Gasteiger partial charge in [-0.2, -0.15) is 0 Å². The zero-order valence-electron chi connectivity index (χ0n) is 16.4. The average Bonchev–Trinajstić information content (AvgIpc) is 2.70. The molecule has 8 heteroatoms. The summed E-state index contributed by atoms with van der Waals surface area (Å²) in [5.41, 5.74) is 2.14. The van der Waals surface area contributed by atoms with Crippen LogP contribution >= 0.6 is 24.0 Å². The van der Waals surface area contributed by atoms with Crippen LogP contribution in [0.1, 0.15) is 11.1 Å². The summed E-state index contributed by atoms with van der Waals surface area (Å²) < 4.78 is 13.0. The summed E-state index contributed by atoms with van der Waals surface area (Å²) in [6.07, 6.45) is 1.85. The van der Waals surface area contributed by atoms with Crippen molar-refractivity contribution in [3.05, 3.63) is 59.5 Å². The molecule has 2 N–H and O–H groups in total. The van der Waals surface area contributed by atoms with Crippen molar-refractivity contribution in [2.45, 2.75) is 13.1 Å². The third kappa shape index (κ3) is 6.30. The molecule has 0 spiro atoms. The smallest absolute Gasteiger partial charge is 0.191 e. The van der Waals surface area contributed by atoms with Gasteiger partial charge in [0.15, 0.2) is 5.96 Å². The summed E-state index contributed by atoms with van der Waals surface area (Å²) in [7, 11) is 3.89. The van der Waals surface area contributed by atoms with Gasteiger partial charge >= 0.3 is 0 Å². The van der Waals surface area contributed by atoms with E-state index < -0.39 is 0 Å². The molecular formula is C20H28FIN6. The third-order valence-corrected chi connectivity index (χ3v) is 4.71. The van der Waals surface area contributed by atoms with Crippen molar-refractivity contribution < 1.29 is 4.39 Å². The van der Waals surface area contributed by atoms with Gasteiger partial charge in [-0.15, -0.1) is 24.0 Å². The van der Waals surface area contributed by atoms with Crippen LogP contribution in [0.3, 0.4) is 0 Å². The molecule has 1 fully saturated rings. The van der Waals surface area contributed by atoms with Crippen molar-refractivity contribution >= 4 is 35.8 Å². The molecule has 1 saturated heterocycles. The van der Waals surface area contributed by atoms with Gasteiger partial charge in [0.05, 0.1) is 0 Å². The summed E-state index contributed by atoms with van der Waals surface area (Å²) in [5, 5.41) is 6.60. The summed E-state index contributed by atoms with van der Waals surface area (Å²) in [5.74, 6) is 1.51. The van der Waals surface area contributed by atoms with E-state index in [0.717, 1.165) is 43.1 Å². The molecule has 3 rings (SSSR count). The topological polar surface area (TPSA) is 55.8 Å². The van der Waals surface area contributed by atoms with E-state index in [0.29, 0.717) is 19.0 Å². The summed E-state index contributed by atoms with van der Waals surface area (Å²) >= 11 is 0. The molecule has 2 aromatic rings. The van der Waals surface area contributed by atoms with E-state index in [4.69, 9.17) is 0 Å². The lowest BCUT2D eigenvalue weighted by molar-refractivity contribution is 0.312. The van der Waals surface area contributed by atoms with Gasteiger partial charge in [-0.3, -0.25) is 4.99 Å². The molecule has 1 aromatic heterocycles. The Morgan fingerprint density at radius 2 is 1.75 bits per heavy atom. The Labute approximate surface area is 183 Å². The number of aromatic nitrogens is 1.